The fourth-order valence-electron chi connectivity index (χ4n) is 1.09. The molecule has 0 aliphatic rings. The fourth-order valence-corrected chi connectivity index (χ4v) is 1.09. The lowest BCUT2D eigenvalue weighted by atomic mass is 10.1. The Hall–Kier alpha value is -1.49. The van der Waals surface area contributed by atoms with E-state index in [1.807, 2.05) is 6.07 Å². The van der Waals surface area contributed by atoms with Gasteiger partial charge in [0.15, 0.2) is 5.82 Å². The zero-order valence-electron chi connectivity index (χ0n) is 10.0. The summed E-state index contributed by atoms with van der Waals surface area (Å²) in [6, 6.07) is 1.82. The average molecular weight is 223 g/mol. The Morgan fingerprint density at radius 1 is 1.44 bits per heavy atom. The van der Waals surface area contributed by atoms with Crippen molar-refractivity contribution in [3.05, 3.63) is 17.8 Å². The van der Waals surface area contributed by atoms with Gasteiger partial charge in [0, 0.05) is 7.11 Å². The number of ether oxygens (including phenoxy) is 1. The maximum absolute atomic E-state index is 11.5. The first-order valence-corrected chi connectivity index (χ1v) is 5.21. The summed E-state index contributed by atoms with van der Waals surface area (Å²) in [5.41, 5.74) is 1.04. The van der Waals surface area contributed by atoms with Crippen molar-refractivity contribution in [3.8, 4) is 0 Å². The zero-order valence-corrected chi connectivity index (χ0v) is 10.0. The molecule has 0 aliphatic carbocycles. The van der Waals surface area contributed by atoms with Gasteiger partial charge in [-0.25, -0.2) is 0 Å². The van der Waals surface area contributed by atoms with Gasteiger partial charge in [-0.05, 0) is 24.5 Å². The van der Waals surface area contributed by atoms with E-state index in [1.165, 1.54) is 7.11 Å². The van der Waals surface area contributed by atoms with E-state index in [0.29, 0.717) is 11.7 Å². The maximum atomic E-state index is 11.5. The first-order valence-electron chi connectivity index (χ1n) is 5.21. The van der Waals surface area contributed by atoms with Gasteiger partial charge in [0.25, 0.3) is 5.91 Å². The lowest BCUT2D eigenvalue weighted by Gasteiger charge is -2.10. The largest absolute Gasteiger partial charge is 0.372 e. The molecule has 0 aromatic carbocycles. The Morgan fingerprint density at radius 2 is 2.12 bits per heavy atom. The maximum Gasteiger partial charge on any atom is 0.254 e. The van der Waals surface area contributed by atoms with E-state index in [0.717, 1.165) is 5.56 Å². The van der Waals surface area contributed by atoms with Crippen LogP contribution >= 0.6 is 0 Å². The van der Waals surface area contributed by atoms with Crippen LogP contribution in [0.4, 0.5) is 5.82 Å². The molecule has 88 valence electrons. The number of anilines is 1. The summed E-state index contributed by atoms with van der Waals surface area (Å²) in [7, 11) is 1.49. The van der Waals surface area contributed by atoms with Gasteiger partial charge in [0.1, 0.15) is 6.10 Å². The number of aromatic nitrogens is 2. The number of nitrogens with one attached hydrogen (secondary N) is 1. The second-order valence-corrected chi connectivity index (χ2v) is 3.90. The molecule has 1 rings (SSSR count). The third-order valence-electron chi connectivity index (χ3n) is 2.32. The smallest absolute Gasteiger partial charge is 0.254 e. The lowest BCUT2D eigenvalue weighted by Crippen LogP contribution is -2.27. The monoisotopic (exact) mass is 223 g/mol. The first kappa shape index (κ1) is 12.6. The minimum absolute atomic E-state index is 0.224. The highest BCUT2D eigenvalue weighted by Gasteiger charge is 2.12. The SMILES string of the molecule is COC(C)C(=O)Nc1cc(C(C)C)cnn1. The van der Waals surface area contributed by atoms with E-state index in [1.54, 1.807) is 13.1 Å². The molecule has 16 heavy (non-hydrogen) atoms. The van der Waals surface area contributed by atoms with Crippen LogP contribution in [-0.4, -0.2) is 29.3 Å². The highest BCUT2D eigenvalue weighted by molar-refractivity contribution is 5.93. The molecule has 0 saturated carbocycles. The number of carbonyl (C=O) groups is 1. The molecule has 1 N–H and O–H groups in total. The Kier molecular flexibility index (Phi) is 4.37. The third kappa shape index (κ3) is 3.27. The molecule has 0 fully saturated rings. The molecule has 0 spiro atoms. The lowest BCUT2D eigenvalue weighted by molar-refractivity contribution is -0.124. The van der Waals surface area contributed by atoms with E-state index in [-0.39, 0.29) is 5.91 Å². The summed E-state index contributed by atoms with van der Waals surface area (Å²) in [6.45, 7) is 5.79. The number of carbonyl (C=O) groups excluding carboxylic acids is 1. The van der Waals surface area contributed by atoms with Crippen LogP contribution in [0, 0.1) is 0 Å². The van der Waals surface area contributed by atoms with Gasteiger partial charge in [0.05, 0.1) is 6.20 Å². The van der Waals surface area contributed by atoms with Crippen LogP contribution in [0.5, 0.6) is 0 Å². The van der Waals surface area contributed by atoms with Gasteiger partial charge >= 0.3 is 0 Å². The molecule has 0 radical (unpaired) electrons. The van der Waals surface area contributed by atoms with Crippen LogP contribution in [-0.2, 0) is 9.53 Å². The fraction of sp³-hybridized carbons (Fsp3) is 0.545. The standard InChI is InChI=1S/C11H17N3O2/c1-7(2)9-5-10(14-12-6-9)13-11(15)8(3)16-4/h5-8H,1-4H3,(H,13,14,15). The van der Waals surface area contributed by atoms with Crippen molar-refractivity contribution >= 4 is 11.7 Å². The zero-order chi connectivity index (χ0) is 12.1. The third-order valence-corrected chi connectivity index (χ3v) is 2.32. The molecule has 1 aromatic rings. The van der Waals surface area contributed by atoms with Crippen molar-refractivity contribution in [1.82, 2.24) is 10.2 Å². The molecule has 1 heterocycles. The summed E-state index contributed by atoms with van der Waals surface area (Å²) in [5, 5.41) is 10.3. The van der Waals surface area contributed by atoms with Crippen LogP contribution in [0.1, 0.15) is 32.3 Å². The summed E-state index contributed by atoms with van der Waals surface area (Å²) in [4.78, 5) is 11.5. The Morgan fingerprint density at radius 3 is 2.69 bits per heavy atom. The second-order valence-electron chi connectivity index (χ2n) is 3.90. The van der Waals surface area contributed by atoms with Crippen LogP contribution in [0.3, 0.4) is 0 Å². The van der Waals surface area contributed by atoms with Gasteiger partial charge in [-0.2, -0.15) is 5.10 Å². The summed E-state index contributed by atoms with van der Waals surface area (Å²) in [5.74, 6) is 0.587. The Labute approximate surface area is 95.2 Å². The van der Waals surface area contributed by atoms with E-state index < -0.39 is 6.10 Å². The van der Waals surface area contributed by atoms with E-state index >= 15 is 0 Å². The normalized spacial score (nSPS) is 12.6. The van der Waals surface area contributed by atoms with Crippen molar-refractivity contribution in [1.29, 1.82) is 0 Å². The minimum atomic E-state index is -0.496. The quantitative estimate of drug-likeness (QED) is 0.841. The van der Waals surface area contributed by atoms with Gasteiger partial charge in [-0.3, -0.25) is 4.79 Å². The van der Waals surface area contributed by atoms with E-state index in [9.17, 15) is 4.79 Å². The molecule has 0 aliphatic heterocycles. The number of methoxy groups -OCH3 is 1. The molecule has 1 amide bonds. The Bertz CT molecular complexity index is 366. The van der Waals surface area contributed by atoms with Crippen LogP contribution in [0.25, 0.3) is 0 Å². The summed E-state index contributed by atoms with van der Waals surface area (Å²) < 4.78 is 4.90. The van der Waals surface area contributed by atoms with Crippen LogP contribution in [0.2, 0.25) is 0 Å². The molecule has 5 heteroatoms. The van der Waals surface area contributed by atoms with Gasteiger partial charge < -0.3 is 10.1 Å². The van der Waals surface area contributed by atoms with Gasteiger partial charge in [-0.15, -0.1) is 5.10 Å². The van der Waals surface area contributed by atoms with Crippen LogP contribution < -0.4 is 5.32 Å². The topological polar surface area (TPSA) is 64.1 Å². The molecular formula is C11H17N3O2. The van der Waals surface area contributed by atoms with Crippen molar-refractivity contribution in [2.75, 3.05) is 12.4 Å². The number of rotatable bonds is 4. The molecule has 1 atom stereocenters. The molecule has 5 nitrogen and oxygen atoms in total. The van der Waals surface area contributed by atoms with E-state index in [2.05, 4.69) is 29.4 Å². The highest BCUT2D eigenvalue weighted by atomic mass is 16.5. The van der Waals surface area contributed by atoms with E-state index in [4.69, 9.17) is 4.74 Å². The van der Waals surface area contributed by atoms with Crippen molar-refractivity contribution in [2.45, 2.75) is 32.8 Å². The second kappa shape index (κ2) is 5.55. The molecule has 1 unspecified atom stereocenters. The number of amides is 1. The van der Waals surface area contributed by atoms with Gasteiger partial charge in [0.2, 0.25) is 0 Å². The number of hydrogen-bond donors (Lipinski definition) is 1. The molecule has 0 bridgehead atoms. The highest BCUT2D eigenvalue weighted by Crippen LogP contribution is 2.15. The van der Waals surface area contributed by atoms with Crippen molar-refractivity contribution in [3.63, 3.8) is 0 Å². The summed E-state index contributed by atoms with van der Waals surface area (Å²) in [6.07, 6.45) is 1.20. The van der Waals surface area contributed by atoms with Crippen molar-refractivity contribution in [2.24, 2.45) is 0 Å². The average Bonchev–Trinajstić information content (AvgIpc) is 2.28. The predicted molar refractivity (Wildman–Crippen MR) is 61.2 cm³/mol. The van der Waals surface area contributed by atoms with Gasteiger partial charge in [-0.1, -0.05) is 13.8 Å². The summed E-state index contributed by atoms with van der Waals surface area (Å²) >= 11 is 0. The first-order chi connectivity index (χ1) is 7.54. The molecule has 0 saturated heterocycles. The predicted octanol–water partition coefficient (Wildman–Crippen LogP) is 1.57. The van der Waals surface area contributed by atoms with Crippen LogP contribution in [0.15, 0.2) is 12.3 Å². The Balaban J connectivity index is 2.74. The number of nitrogens with zero attached hydrogens (tertiary/aromatic N) is 2. The number of hydrogen-bond acceptors (Lipinski definition) is 4. The molecular weight excluding hydrogens is 206 g/mol. The minimum Gasteiger partial charge on any atom is -0.372 e. The molecule has 1 aromatic heterocycles. The van der Waals surface area contributed by atoms with Crippen molar-refractivity contribution < 1.29 is 9.53 Å².